The fraction of sp³-hybridized carbons (Fsp3) is 0.111. The molecule has 0 aliphatic rings. The largest absolute Gasteiger partial charge is 0.495 e. The van der Waals surface area contributed by atoms with Crippen LogP contribution < -0.4 is 15.8 Å². The fourth-order valence-electron chi connectivity index (χ4n) is 2.20. The van der Waals surface area contributed by atoms with Gasteiger partial charge in [0.05, 0.1) is 19.0 Å². The SMILES string of the molecule is COc1ccccc1NC(N)=NCc1ncc(-c2ccccc2)o1.I. The number of rotatable bonds is 5. The third-order valence-corrected chi connectivity index (χ3v) is 3.37. The lowest BCUT2D eigenvalue weighted by molar-refractivity contribution is 0.417. The Labute approximate surface area is 163 Å². The number of nitrogens with one attached hydrogen (secondary N) is 1. The Morgan fingerprint density at radius 3 is 2.64 bits per heavy atom. The summed E-state index contributed by atoms with van der Waals surface area (Å²) >= 11 is 0. The summed E-state index contributed by atoms with van der Waals surface area (Å²) in [6.45, 7) is 0.251. The van der Waals surface area contributed by atoms with Gasteiger partial charge in [0.25, 0.3) is 0 Å². The summed E-state index contributed by atoms with van der Waals surface area (Å²) in [5.41, 5.74) is 7.63. The van der Waals surface area contributed by atoms with E-state index in [-0.39, 0.29) is 36.5 Å². The molecule has 0 amide bonds. The minimum atomic E-state index is 0. The normalized spacial score (nSPS) is 10.8. The third-order valence-electron chi connectivity index (χ3n) is 3.37. The van der Waals surface area contributed by atoms with Crippen molar-refractivity contribution >= 4 is 35.6 Å². The van der Waals surface area contributed by atoms with Gasteiger partial charge >= 0.3 is 0 Å². The van der Waals surface area contributed by atoms with E-state index in [1.165, 1.54) is 0 Å². The number of oxazole rings is 1. The van der Waals surface area contributed by atoms with E-state index in [0.717, 1.165) is 11.3 Å². The minimum Gasteiger partial charge on any atom is -0.495 e. The molecule has 0 aliphatic carbocycles. The molecular formula is C18H19IN4O2. The number of nitrogens with zero attached hydrogens (tertiary/aromatic N) is 2. The van der Waals surface area contributed by atoms with Gasteiger partial charge in [-0.15, -0.1) is 24.0 Å². The molecule has 3 aromatic rings. The summed E-state index contributed by atoms with van der Waals surface area (Å²) in [5, 5.41) is 3.00. The molecule has 0 saturated carbocycles. The molecule has 130 valence electrons. The molecule has 25 heavy (non-hydrogen) atoms. The summed E-state index contributed by atoms with van der Waals surface area (Å²) in [4.78, 5) is 8.47. The fourth-order valence-corrected chi connectivity index (χ4v) is 2.20. The molecule has 0 bridgehead atoms. The molecule has 1 heterocycles. The lowest BCUT2D eigenvalue weighted by Gasteiger charge is -2.09. The first-order chi connectivity index (χ1) is 11.8. The van der Waals surface area contributed by atoms with E-state index in [9.17, 15) is 0 Å². The highest BCUT2D eigenvalue weighted by molar-refractivity contribution is 14.0. The molecule has 0 spiro atoms. The van der Waals surface area contributed by atoms with E-state index in [4.69, 9.17) is 14.9 Å². The van der Waals surface area contributed by atoms with Gasteiger partial charge in [0, 0.05) is 5.56 Å². The van der Waals surface area contributed by atoms with Crippen LogP contribution >= 0.6 is 24.0 Å². The van der Waals surface area contributed by atoms with Crippen molar-refractivity contribution in [3.63, 3.8) is 0 Å². The first-order valence-electron chi connectivity index (χ1n) is 7.46. The van der Waals surface area contributed by atoms with E-state index in [2.05, 4.69) is 15.3 Å². The van der Waals surface area contributed by atoms with Crippen LogP contribution in [0.15, 0.2) is 70.2 Å². The van der Waals surface area contributed by atoms with Gasteiger partial charge in [-0.25, -0.2) is 9.98 Å². The van der Waals surface area contributed by atoms with Crippen molar-refractivity contribution in [3.8, 4) is 17.1 Å². The van der Waals surface area contributed by atoms with Gasteiger partial charge in [-0.2, -0.15) is 0 Å². The predicted molar refractivity (Wildman–Crippen MR) is 109 cm³/mol. The second-order valence-electron chi connectivity index (χ2n) is 5.01. The minimum absolute atomic E-state index is 0. The molecule has 1 aromatic heterocycles. The Morgan fingerprint density at radius 2 is 1.88 bits per heavy atom. The van der Waals surface area contributed by atoms with Crippen molar-refractivity contribution in [2.75, 3.05) is 12.4 Å². The quantitative estimate of drug-likeness (QED) is 0.350. The number of aromatic nitrogens is 1. The van der Waals surface area contributed by atoms with Crippen LogP contribution in [-0.4, -0.2) is 18.1 Å². The first-order valence-corrected chi connectivity index (χ1v) is 7.46. The number of guanidine groups is 1. The number of hydrogen-bond acceptors (Lipinski definition) is 4. The Balaban J connectivity index is 0.00000225. The summed E-state index contributed by atoms with van der Waals surface area (Å²) in [7, 11) is 1.60. The molecule has 0 saturated heterocycles. The smallest absolute Gasteiger partial charge is 0.216 e. The molecule has 0 aliphatic heterocycles. The zero-order valence-electron chi connectivity index (χ0n) is 13.7. The highest BCUT2D eigenvalue weighted by Crippen LogP contribution is 2.23. The van der Waals surface area contributed by atoms with Gasteiger partial charge in [0.1, 0.15) is 12.3 Å². The lowest BCUT2D eigenvalue weighted by atomic mass is 10.2. The van der Waals surface area contributed by atoms with E-state index in [1.54, 1.807) is 13.3 Å². The number of halogens is 1. The van der Waals surface area contributed by atoms with Crippen molar-refractivity contribution in [1.29, 1.82) is 0 Å². The lowest BCUT2D eigenvalue weighted by Crippen LogP contribution is -2.22. The first kappa shape index (κ1) is 18.8. The second-order valence-corrected chi connectivity index (χ2v) is 5.01. The van der Waals surface area contributed by atoms with Crippen molar-refractivity contribution in [3.05, 3.63) is 66.7 Å². The van der Waals surface area contributed by atoms with Crippen LogP contribution in [0.2, 0.25) is 0 Å². The molecule has 6 nitrogen and oxygen atoms in total. The standard InChI is InChI=1S/C18H18N4O2.HI/c1-23-15-10-6-5-9-14(15)22-18(19)21-12-17-20-11-16(24-17)13-7-3-2-4-8-13;/h2-11H,12H2,1H3,(H3,19,21,22);1H. The number of aliphatic imine (C=N–C) groups is 1. The molecule has 3 rings (SSSR count). The Morgan fingerprint density at radius 1 is 1.16 bits per heavy atom. The van der Waals surface area contributed by atoms with Gasteiger partial charge in [-0.3, -0.25) is 0 Å². The van der Waals surface area contributed by atoms with E-state index >= 15 is 0 Å². The van der Waals surface area contributed by atoms with Crippen LogP contribution in [0.5, 0.6) is 5.75 Å². The number of nitrogens with two attached hydrogens (primary N) is 1. The second kappa shape index (κ2) is 9.07. The Kier molecular flexibility index (Phi) is 6.81. The summed E-state index contributed by atoms with van der Waals surface area (Å²) in [6.07, 6.45) is 1.68. The number of anilines is 1. The summed E-state index contributed by atoms with van der Waals surface area (Å²) < 4.78 is 10.9. The van der Waals surface area contributed by atoms with E-state index in [0.29, 0.717) is 17.4 Å². The molecule has 0 fully saturated rings. The maximum Gasteiger partial charge on any atom is 0.216 e. The Hall–Kier alpha value is -2.55. The van der Waals surface area contributed by atoms with Crippen LogP contribution in [0.25, 0.3) is 11.3 Å². The number of para-hydroxylation sites is 2. The third kappa shape index (κ3) is 4.96. The molecule has 0 unspecified atom stereocenters. The number of methoxy groups -OCH3 is 1. The van der Waals surface area contributed by atoms with E-state index in [1.807, 2.05) is 54.6 Å². The zero-order chi connectivity index (χ0) is 16.8. The van der Waals surface area contributed by atoms with Crippen molar-refractivity contribution < 1.29 is 9.15 Å². The maximum atomic E-state index is 5.91. The maximum absolute atomic E-state index is 5.91. The Bertz CT molecular complexity index is 834. The van der Waals surface area contributed by atoms with Gasteiger partial charge in [-0.1, -0.05) is 42.5 Å². The van der Waals surface area contributed by atoms with Gasteiger partial charge in [0.2, 0.25) is 5.89 Å². The monoisotopic (exact) mass is 450 g/mol. The number of benzene rings is 2. The number of ether oxygens (including phenoxy) is 1. The average Bonchev–Trinajstić information content (AvgIpc) is 3.10. The van der Waals surface area contributed by atoms with Crippen molar-refractivity contribution in [1.82, 2.24) is 4.98 Å². The molecule has 3 N–H and O–H groups in total. The molecular weight excluding hydrogens is 431 g/mol. The molecule has 0 atom stereocenters. The van der Waals surface area contributed by atoms with Crippen LogP contribution in [0, 0.1) is 0 Å². The van der Waals surface area contributed by atoms with Crippen LogP contribution in [0.4, 0.5) is 5.69 Å². The number of hydrogen-bond donors (Lipinski definition) is 2. The average molecular weight is 450 g/mol. The van der Waals surface area contributed by atoms with Crippen LogP contribution in [0.1, 0.15) is 5.89 Å². The molecule has 2 aromatic carbocycles. The molecule has 0 radical (unpaired) electrons. The van der Waals surface area contributed by atoms with Gasteiger partial charge in [0.15, 0.2) is 11.7 Å². The summed E-state index contributed by atoms with van der Waals surface area (Å²) in [5.74, 6) is 2.16. The van der Waals surface area contributed by atoms with Crippen molar-refractivity contribution in [2.45, 2.75) is 6.54 Å². The van der Waals surface area contributed by atoms with Crippen LogP contribution in [-0.2, 0) is 6.54 Å². The predicted octanol–water partition coefficient (Wildman–Crippen LogP) is 3.90. The molecule has 7 heteroatoms. The van der Waals surface area contributed by atoms with Crippen molar-refractivity contribution in [2.24, 2.45) is 10.7 Å². The highest BCUT2D eigenvalue weighted by Gasteiger charge is 2.06. The zero-order valence-corrected chi connectivity index (χ0v) is 16.0. The van der Waals surface area contributed by atoms with Crippen LogP contribution in [0.3, 0.4) is 0 Å². The summed E-state index contributed by atoms with van der Waals surface area (Å²) in [6, 6.07) is 17.3. The highest BCUT2D eigenvalue weighted by atomic mass is 127. The van der Waals surface area contributed by atoms with Gasteiger partial charge < -0.3 is 20.2 Å². The van der Waals surface area contributed by atoms with E-state index < -0.39 is 0 Å². The topological polar surface area (TPSA) is 85.7 Å². The van der Waals surface area contributed by atoms with Gasteiger partial charge in [-0.05, 0) is 12.1 Å².